The zero-order valence-corrected chi connectivity index (χ0v) is 19.0. The van der Waals surface area contributed by atoms with Gasteiger partial charge in [0.2, 0.25) is 0 Å². The normalized spacial score (nSPS) is 11.2. The highest BCUT2D eigenvalue weighted by Crippen LogP contribution is 2.25. The summed E-state index contributed by atoms with van der Waals surface area (Å²) < 4.78 is 13.1. The summed E-state index contributed by atoms with van der Waals surface area (Å²) in [6, 6.07) is 21.3. The number of benzene rings is 3. The van der Waals surface area contributed by atoms with Crippen molar-refractivity contribution in [3.63, 3.8) is 0 Å². The first-order valence-electron chi connectivity index (χ1n) is 10.9. The van der Waals surface area contributed by atoms with E-state index >= 15 is 0 Å². The summed E-state index contributed by atoms with van der Waals surface area (Å²) in [5.74, 6) is 2.65. The number of fused-ring (bicyclic) bond motifs is 1. The predicted octanol–water partition coefficient (Wildman–Crippen LogP) is 5.58. The molecule has 0 unspecified atom stereocenters. The summed E-state index contributed by atoms with van der Waals surface area (Å²) in [6.07, 6.45) is 0. The molecule has 3 aromatic carbocycles. The van der Waals surface area contributed by atoms with Crippen LogP contribution in [0, 0.1) is 6.92 Å². The summed E-state index contributed by atoms with van der Waals surface area (Å²) in [5, 5.41) is 0.600. The second-order valence-electron chi connectivity index (χ2n) is 8.17. The molecule has 4 aromatic rings. The zero-order chi connectivity index (χ0) is 22.7. The van der Waals surface area contributed by atoms with Gasteiger partial charge in [0.1, 0.15) is 23.9 Å². The lowest BCUT2D eigenvalue weighted by molar-refractivity contribution is 0.294. The van der Waals surface area contributed by atoms with Gasteiger partial charge in [0.25, 0.3) is 5.56 Å². The van der Waals surface area contributed by atoms with Gasteiger partial charge in [-0.3, -0.25) is 9.36 Å². The quantitative estimate of drug-likeness (QED) is 0.385. The molecule has 0 atom stereocenters. The van der Waals surface area contributed by atoms with Crippen LogP contribution in [0.2, 0.25) is 0 Å². The van der Waals surface area contributed by atoms with Crippen molar-refractivity contribution in [2.45, 2.75) is 33.2 Å². The maximum absolute atomic E-state index is 13.3. The fourth-order valence-corrected chi connectivity index (χ4v) is 3.71. The highest BCUT2D eigenvalue weighted by Gasteiger charge is 2.13. The van der Waals surface area contributed by atoms with E-state index in [0.29, 0.717) is 35.8 Å². The Morgan fingerprint density at radius 1 is 1.00 bits per heavy atom. The third-order valence-corrected chi connectivity index (χ3v) is 5.66. The molecule has 0 radical (unpaired) electrons. The molecule has 0 amide bonds. The maximum atomic E-state index is 13.3. The molecule has 0 spiro atoms. The van der Waals surface area contributed by atoms with E-state index in [1.807, 2.05) is 55.5 Å². The Kier molecular flexibility index (Phi) is 6.26. The van der Waals surface area contributed by atoms with Gasteiger partial charge in [-0.2, -0.15) is 0 Å². The molecule has 0 saturated carbocycles. The van der Waals surface area contributed by atoms with Crippen LogP contribution in [0.5, 0.6) is 11.5 Å². The number of aromatic nitrogens is 2. The lowest BCUT2D eigenvalue weighted by Crippen LogP contribution is -2.26. The smallest absolute Gasteiger partial charge is 0.261 e. The molecule has 0 N–H and O–H groups in total. The molecule has 0 aliphatic rings. The van der Waals surface area contributed by atoms with E-state index in [1.54, 1.807) is 11.7 Å². The molecule has 0 fully saturated rings. The summed E-state index contributed by atoms with van der Waals surface area (Å²) >= 11 is 0. The first-order chi connectivity index (χ1) is 15.5. The summed E-state index contributed by atoms with van der Waals surface area (Å²) in [6.45, 7) is 7.12. The lowest BCUT2D eigenvalue weighted by atomic mass is 10.0. The molecule has 4 rings (SSSR count). The van der Waals surface area contributed by atoms with Crippen LogP contribution in [0.1, 0.15) is 30.9 Å². The van der Waals surface area contributed by atoms with Gasteiger partial charge in [0, 0.05) is 5.56 Å². The van der Waals surface area contributed by atoms with E-state index in [0.717, 1.165) is 22.6 Å². The van der Waals surface area contributed by atoms with Gasteiger partial charge in [-0.25, -0.2) is 4.98 Å². The van der Waals surface area contributed by atoms with Gasteiger partial charge < -0.3 is 9.47 Å². The average Bonchev–Trinajstić information content (AvgIpc) is 2.81. The van der Waals surface area contributed by atoms with Crippen molar-refractivity contribution in [2.75, 3.05) is 13.7 Å². The van der Waals surface area contributed by atoms with Gasteiger partial charge in [-0.1, -0.05) is 38.1 Å². The van der Waals surface area contributed by atoms with Crippen LogP contribution in [0.4, 0.5) is 0 Å². The minimum Gasteiger partial charge on any atom is -0.497 e. The van der Waals surface area contributed by atoms with Crippen LogP contribution in [-0.4, -0.2) is 23.3 Å². The van der Waals surface area contributed by atoms with Crippen molar-refractivity contribution in [2.24, 2.45) is 0 Å². The van der Waals surface area contributed by atoms with Gasteiger partial charge in [0.15, 0.2) is 0 Å². The van der Waals surface area contributed by atoms with Crippen LogP contribution in [-0.2, 0) is 6.54 Å². The van der Waals surface area contributed by atoms with Crippen LogP contribution < -0.4 is 15.0 Å². The van der Waals surface area contributed by atoms with E-state index in [1.165, 1.54) is 5.56 Å². The van der Waals surface area contributed by atoms with Crippen molar-refractivity contribution in [3.8, 4) is 22.9 Å². The van der Waals surface area contributed by atoms with E-state index in [2.05, 4.69) is 32.0 Å². The SMILES string of the molecule is COc1ccc(-c2nc3ccccc3c(=O)n2CCOc2cc(C(C)C)ccc2C)cc1. The van der Waals surface area contributed by atoms with Crippen molar-refractivity contribution in [3.05, 3.63) is 88.2 Å². The first-order valence-corrected chi connectivity index (χ1v) is 10.9. The number of rotatable bonds is 7. The Morgan fingerprint density at radius 2 is 1.75 bits per heavy atom. The molecular formula is C27H28N2O3. The molecule has 32 heavy (non-hydrogen) atoms. The number of methoxy groups -OCH3 is 1. The molecular weight excluding hydrogens is 400 g/mol. The number of nitrogens with zero attached hydrogens (tertiary/aromatic N) is 2. The fourth-order valence-electron chi connectivity index (χ4n) is 3.71. The number of para-hydroxylation sites is 1. The average molecular weight is 429 g/mol. The number of hydrogen-bond donors (Lipinski definition) is 0. The molecule has 164 valence electrons. The second kappa shape index (κ2) is 9.27. The van der Waals surface area contributed by atoms with E-state index in [9.17, 15) is 4.79 Å². The zero-order valence-electron chi connectivity index (χ0n) is 19.0. The third kappa shape index (κ3) is 4.37. The molecule has 5 heteroatoms. The molecule has 5 nitrogen and oxygen atoms in total. The predicted molar refractivity (Wildman–Crippen MR) is 129 cm³/mol. The van der Waals surface area contributed by atoms with Crippen LogP contribution in [0.3, 0.4) is 0 Å². The fraction of sp³-hybridized carbons (Fsp3) is 0.259. The van der Waals surface area contributed by atoms with Gasteiger partial charge in [-0.15, -0.1) is 0 Å². The lowest BCUT2D eigenvalue weighted by Gasteiger charge is -2.16. The highest BCUT2D eigenvalue weighted by molar-refractivity contribution is 5.79. The van der Waals surface area contributed by atoms with Crippen molar-refractivity contribution in [1.29, 1.82) is 0 Å². The Balaban J connectivity index is 1.69. The first kappa shape index (κ1) is 21.6. The minimum atomic E-state index is -0.0716. The van der Waals surface area contributed by atoms with Crippen molar-refractivity contribution in [1.82, 2.24) is 9.55 Å². The van der Waals surface area contributed by atoms with Crippen LogP contribution in [0.25, 0.3) is 22.3 Å². The van der Waals surface area contributed by atoms with Crippen molar-refractivity contribution >= 4 is 10.9 Å². The number of ether oxygens (including phenoxy) is 2. The van der Waals surface area contributed by atoms with E-state index in [4.69, 9.17) is 14.5 Å². The topological polar surface area (TPSA) is 53.3 Å². The Morgan fingerprint density at radius 3 is 2.47 bits per heavy atom. The minimum absolute atomic E-state index is 0.0716. The summed E-state index contributed by atoms with van der Waals surface area (Å²) in [5.41, 5.74) is 3.77. The number of hydrogen-bond acceptors (Lipinski definition) is 4. The van der Waals surface area contributed by atoms with Crippen molar-refractivity contribution < 1.29 is 9.47 Å². The second-order valence-corrected chi connectivity index (χ2v) is 8.17. The molecule has 1 heterocycles. The molecule has 0 aliphatic carbocycles. The van der Waals surface area contributed by atoms with Gasteiger partial charge >= 0.3 is 0 Å². The van der Waals surface area contributed by atoms with E-state index in [-0.39, 0.29) is 5.56 Å². The Labute approximate surface area is 188 Å². The number of aryl methyl sites for hydroxylation is 1. The Bertz CT molecular complexity index is 1290. The third-order valence-electron chi connectivity index (χ3n) is 5.66. The van der Waals surface area contributed by atoms with Crippen LogP contribution >= 0.6 is 0 Å². The monoisotopic (exact) mass is 428 g/mol. The molecule has 0 bridgehead atoms. The summed E-state index contributed by atoms with van der Waals surface area (Å²) in [7, 11) is 1.63. The van der Waals surface area contributed by atoms with Crippen LogP contribution in [0.15, 0.2) is 71.5 Å². The standard InChI is InChI=1S/C27H28N2O3/c1-18(2)21-10-9-19(3)25(17-21)32-16-15-29-26(20-11-13-22(31-4)14-12-20)28-24-8-6-5-7-23(24)27(29)30/h5-14,17-18H,15-16H2,1-4H3. The van der Waals surface area contributed by atoms with Gasteiger partial charge in [0.05, 0.1) is 24.6 Å². The largest absolute Gasteiger partial charge is 0.497 e. The molecule has 1 aromatic heterocycles. The Hall–Kier alpha value is -3.60. The summed E-state index contributed by atoms with van der Waals surface area (Å²) in [4.78, 5) is 18.2. The van der Waals surface area contributed by atoms with E-state index < -0.39 is 0 Å². The molecule has 0 aliphatic heterocycles. The molecule has 0 saturated heterocycles. The maximum Gasteiger partial charge on any atom is 0.261 e. The van der Waals surface area contributed by atoms with Gasteiger partial charge in [-0.05, 0) is 66.4 Å². The highest BCUT2D eigenvalue weighted by atomic mass is 16.5.